The fourth-order valence-corrected chi connectivity index (χ4v) is 2.19. The molecular formula is C15H23N3O. The van der Waals surface area contributed by atoms with E-state index < -0.39 is 0 Å². The molecule has 2 heterocycles. The topological polar surface area (TPSA) is 34.2 Å². The molecule has 0 aliphatic heterocycles. The molecule has 0 atom stereocenters. The third-order valence-electron chi connectivity index (χ3n) is 3.30. The average molecular weight is 261 g/mol. The van der Waals surface area contributed by atoms with Crippen molar-refractivity contribution in [2.75, 3.05) is 7.05 Å². The van der Waals surface area contributed by atoms with Gasteiger partial charge in [0.25, 0.3) is 0 Å². The minimum absolute atomic E-state index is 0.830. The van der Waals surface area contributed by atoms with Crippen LogP contribution in [0.1, 0.15) is 36.6 Å². The number of aromatic nitrogens is 2. The molecule has 0 aliphatic rings. The van der Waals surface area contributed by atoms with Crippen molar-refractivity contribution in [2.45, 2.75) is 46.8 Å². The first-order valence-electron chi connectivity index (χ1n) is 6.91. The lowest BCUT2D eigenvalue weighted by Crippen LogP contribution is -2.17. The summed E-state index contributed by atoms with van der Waals surface area (Å²) in [6.07, 6.45) is 3.08. The van der Waals surface area contributed by atoms with Crippen molar-refractivity contribution < 1.29 is 4.42 Å². The van der Waals surface area contributed by atoms with Crippen LogP contribution in [0.2, 0.25) is 0 Å². The summed E-state index contributed by atoms with van der Waals surface area (Å²) >= 11 is 0. The number of rotatable bonds is 6. The standard InChI is InChI=1S/C15H23N3O/c1-5-14-7-8-15(19-14)11-17(4)9-13-10-18(6-2)16-12(13)3/h7-8,10H,5-6,9,11H2,1-4H3. The van der Waals surface area contributed by atoms with E-state index in [0.717, 1.165) is 43.3 Å². The molecule has 2 aromatic heterocycles. The van der Waals surface area contributed by atoms with Gasteiger partial charge in [-0.2, -0.15) is 5.10 Å². The zero-order valence-electron chi connectivity index (χ0n) is 12.3. The highest BCUT2D eigenvalue weighted by Crippen LogP contribution is 2.13. The highest BCUT2D eigenvalue weighted by Gasteiger charge is 2.09. The molecule has 2 aromatic rings. The number of hydrogen-bond donors (Lipinski definition) is 0. The molecule has 0 aromatic carbocycles. The Labute approximate surface area is 115 Å². The number of hydrogen-bond acceptors (Lipinski definition) is 3. The second kappa shape index (κ2) is 6.06. The Bertz CT molecular complexity index is 527. The van der Waals surface area contributed by atoms with Crippen LogP contribution >= 0.6 is 0 Å². The van der Waals surface area contributed by atoms with Crippen molar-refractivity contribution in [3.63, 3.8) is 0 Å². The first kappa shape index (κ1) is 13.9. The van der Waals surface area contributed by atoms with Gasteiger partial charge >= 0.3 is 0 Å². The van der Waals surface area contributed by atoms with Crippen LogP contribution in [0.25, 0.3) is 0 Å². The number of furan rings is 1. The van der Waals surface area contributed by atoms with Crippen LogP contribution in [0.5, 0.6) is 0 Å². The summed E-state index contributed by atoms with van der Waals surface area (Å²) in [5.74, 6) is 2.08. The van der Waals surface area contributed by atoms with Gasteiger partial charge in [0.05, 0.1) is 12.2 Å². The van der Waals surface area contributed by atoms with Crippen molar-refractivity contribution in [1.29, 1.82) is 0 Å². The Balaban J connectivity index is 1.96. The molecule has 0 N–H and O–H groups in total. The molecule has 0 radical (unpaired) electrons. The molecule has 0 bridgehead atoms. The summed E-state index contributed by atoms with van der Waals surface area (Å²) < 4.78 is 7.72. The molecule has 0 saturated heterocycles. The Kier molecular flexibility index (Phi) is 4.43. The molecule has 104 valence electrons. The van der Waals surface area contributed by atoms with Crippen LogP contribution in [0.15, 0.2) is 22.7 Å². The average Bonchev–Trinajstić information content (AvgIpc) is 2.97. The van der Waals surface area contributed by atoms with Crippen LogP contribution in [0.4, 0.5) is 0 Å². The lowest BCUT2D eigenvalue weighted by molar-refractivity contribution is 0.283. The molecule has 4 heteroatoms. The van der Waals surface area contributed by atoms with Crippen molar-refractivity contribution in [3.05, 3.63) is 41.1 Å². The lowest BCUT2D eigenvalue weighted by Gasteiger charge is -2.14. The normalized spacial score (nSPS) is 11.4. The first-order valence-corrected chi connectivity index (χ1v) is 6.91. The first-order chi connectivity index (χ1) is 9.12. The Hall–Kier alpha value is -1.55. The summed E-state index contributed by atoms with van der Waals surface area (Å²) in [6, 6.07) is 4.13. The quantitative estimate of drug-likeness (QED) is 0.801. The Morgan fingerprint density at radius 1 is 1.21 bits per heavy atom. The fraction of sp³-hybridized carbons (Fsp3) is 0.533. The van der Waals surface area contributed by atoms with E-state index in [1.165, 1.54) is 5.56 Å². The molecule has 0 saturated carbocycles. The summed E-state index contributed by atoms with van der Waals surface area (Å²) in [5.41, 5.74) is 2.40. The van der Waals surface area contributed by atoms with Crippen molar-refractivity contribution >= 4 is 0 Å². The third kappa shape index (κ3) is 3.47. The van der Waals surface area contributed by atoms with Crippen LogP contribution in [0, 0.1) is 6.92 Å². The minimum atomic E-state index is 0.830. The maximum Gasteiger partial charge on any atom is 0.118 e. The van der Waals surface area contributed by atoms with Gasteiger partial charge in [-0.05, 0) is 33.0 Å². The van der Waals surface area contributed by atoms with E-state index in [1.807, 2.05) is 4.68 Å². The van der Waals surface area contributed by atoms with Gasteiger partial charge in [-0.15, -0.1) is 0 Å². The molecule has 2 rings (SSSR count). The van der Waals surface area contributed by atoms with E-state index in [9.17, 15) is 0 Å². The molecular weight excluding hydrogens is 238 g/mol. The predicted molar refractivity (Wildman–Crippen MR) is 75.9 cm³/mol. The summed E-state index contributed by atoms with van der Waals surface area (Å²) in [7, 11) is 2.11. The van der Waals surface area contributed by atoms with Crippen LogP contribution in [-0.4, -0.2) is 21.7 Å². The van der Waals surface area contributed by atoms with E-state index in [1.54, 1.807) is 0 Å². The molecule has 0 spiro atoms. The molecule has 0 amide bonds. The van der Waals surface area contributed by atoms with Gasteiger partial charge in [-0.1, -0.05) is 6.92 Å². The summed E-state index contributed by atoms with van der Waals surface area (Å²) in [6.45, 7) is 8.93. The maximum atomic E-state index is 5.74. The van der Waals surface area contributed by atoms with E-state index in [2.05, 4.69) is 56.1 Å². The zero-order chi connectivity index (χ0) is 13.8. The zero-order valence-corrected chi connectivity index (χ0v) is 12.3. The van der Waals surface area contributed by atoms with E-state index in [-0.39, 0.29) is 0 Å². The summed E-state index contributed by atoms with van der Waals surface area (Å²) in [4.78, 5) is 2.25. The van der Waals surface area contributed by atoms with E-state index in [4.69, 9.17) is 4.42 Å². The predicted octanol–water partition coefficient (Wildman–Crippen LogP) is 3.00. The molecule has 0 unspecified atom stereocenters. The maximum absolute atomic E-state index is 5.74. The number of aryl methyl sites for hydroxylation is 3. The van der Waals surface area contributed by atoms with Gasteiger partial charge in [-0.25, -0.2) is 0 Å². The van der Waals surface area contributed by atoms with Gasteiger partial charge in [-0.3, -0.25) is 9.58 Å². The second-order valence-corrected chi connectivity index (χ2v) is 4.99. The largest absolute Gasteiger partial charge is 0.465 e. The third-order valence-corrected chi connectivity index (χ3v) is 3.30. The van der Waals surface area contributed by atoms with E-state index >= 15 is 0 Å². The lowest BCUT2D eigenvalue weighted by atomic mass is 10.2. The van der Waals surface area contributed by atoms with Crippen molar-refractivity contribution in [3.8, 4) is 0 Å². The van der Waals surface area contributed by atoms with Gasteiger partial charge in [0.1, 0.15) is 11.5 Å². The molecule has 0 fully saturated rings. The van der Waals surface area contributed by atoms with Crippen LogP contribution < -0.4 is 0 Å². The Morgan fingerprint density at radius 3 is 2.53 bits per heavy atom. The van der Waals surface area contributed by atoms with Crippen LogP contribution in [0.3, 0.4) is 0 Å². The van der Waals surface area contributed by atoms with Gasteiger partial charge < -0.3 is 4.42 Å². The van der Waals surface area contributed by atoms with Gasteiger partial charge in [0.15, 0.2) is 0 Å². The van der Waals surface area contributed by atoms with Gasteiger partial charge in [0, 0.05) is 31.3 Å². The highest BCUT2D eigenvalue weighted by molar-refractivity contribution is 5.15. The van der Waals surface area contributed by atoms with E-state index in [0.29, 0.717) is 0 Å². The van der Waals surface area contributed by atoms with Crippen molar-refractivity contribution in [2.24, 2.45) is 0 Å². The monoisotopic (exact) mass is 261 g/mol. The van der Waals surface area contributed by atoms with Gasteiger partial charge in [0.2, 0.25) is 0 Å². The number of nitrogens with zero attached hydrogens (tertiary/aromatic N) is 3. The SMILES string of the molecule is CCc1ccc(CN(C)Cc2cn(CC)nc2C)o1. The minimum Gasteiger partial charge on any atom is -0.465 e. The summed E-state index contributed by atoms with van der Waals surface area (Å²) in [5, 5.41) is 4.47. The smallest absolute Gasteiger partial charge is 0.118 e. The highest BCUT2D eigenvalue weighted by atomic mass is 16.3. The second-order valence-electron chi connectivity index (χ2n) is 4.99. The molecule has 4 nitrogen and oxygen atoms in total. The fourth-order valence-electron chi connectivity index (χ4n) is 2.19. The Morgan fingerprint density at radius 2 is 1.95 bits per heavy atom. The molecule has 0 aliphatic carbocycles. The van der Waals surface area contributed by atoms with Crippen LogP contribution in [-0.2, 0) is 26.1 Å². The molecule has 19 heavy (non-hydrogen) atoms. The van der Waals surface area contributed by atoms with Crippen molar-refractivity contribution in [1.82, 2.24) is 14.7 Å².